The van der Waals surface area contributed by atoms with E-state index in [9.17, 15) is 0 Å². The highest BCUT2D eigenvalue weighted by Gasteiger charge is 2.31. The number of thiophene rings is 1. The van der Waals surface area contributed by atoms with Crippen molar-refractivity contribution in [3.05, 3.63) is 23.4 Å². The molecule has 2 aliphatic heterocycles. The first-order valence-corrected chi connectivity index (χ1v) is 8.58. The van der Waals surface area contributed by atoms with E-state index < -0.39 is 0 Å². The summed E-state index contributed by atoms with van der Waals surface area (Å²) in [5.74, 6) is 1.80. The molecular weight excluding hydrogens is 302 g/mol. The van der Waals surface area contributed by atoms with Gasteiger partial charge in [-0.15, -0.1) is 11.3 Å². The topological polar surface area (TPSA) is 60.6 Å². The van der Waals surface area contributed by atoms with Crippen molar-refractivity contribution >= 4 is 11.3 Å². The summed E-state index contributed by atoms with van der Waals surface area (Å²) in [7, 11) is 0. The molecule has 1 unspecified atom stereocenters. The van der Waals surface area contributed by atoms with Crippen LogP contribution in [0.5, 0.6) is 0 Å². The third-order valence-corrected chi connectivity index (χ3v) is 5.01. The Bertz CT molecular complexity index is 595. The van der Waals surface area contributed by atoms with Crippen LogP contribution in [0.2, 0.25) is 0 Å². The van der Waals surface area contributed by atoms with E-state index >= 15 is 0 Å². The van der Waals surface area contributed by atoms with Crippen molar-refractivity contribution in [1.82, 2.24) is 15.0 Å². The van der Waals surface area contributed by atoms with E-state index in [1.807, 2.05) is 17.5 Å². The van der Waals surface area contributed by atoms with E-state index in [4.69, 9.17) is 14.0 Å². The summed E-state index contributed by atoms with van der Waals surface area (Å²) in [5, 5.41) is 6.08. The van der Waals surface area contributed by atoms with Crippen LogP contribution in [0.25, 0.3) is 10.7 Å². The Morgan fingerprint density at radius 2 is 2.23 bits per heavy atom. The van der Waals surface area contributed by atoms with Crippen molar-refractivity contribution in [3.63, 3.8) is 0 Å². The fourth-order valence-electron chi connectivity index (χ4n) is 3.12. The molecule has 0 aliphatic carbocycles. The van der Waals surface area contributed by atoms with Crippen LogP contribution in [0.15, 0.2) is 22.0 Å². The van der Waals surface area contributed by atoms with Crippen molar-refractivity contribution in [2.45, 2.75) is 25.7 Å². The first-order chi connectivity index (χ1) is 10.9. The third kappa shape index (κ3) is 3.08. The maximum absolute atomic E-state index is 5.65. The van der Waals surface area contributed by atoms with Crippen molar-refractivity contribution in [1.29, 1.82) is 0 Å². The summed E-state index contributed by atoms with van der Waals surface area (Å²) in [6.45, 7) is 4.15. The molecule has 0 aromatic carbocycles. The van der Waals surface area contributed by atoms with Gasteiger partial charge in [0.1, 0.15) is 0 Å². The van der Waals surface area contributed by atoms with Gasteiger partial charge in [0.15, 0.2) is 6.29 Å². The molecule has 118 valence electrons. The second kappa shape index (κ2) is 6.45. The second-order valence-electron chi connectivity index (χ2n) is 5.74. The van der Waals surface area contributed by atoms with Gasteiger partial charge in [-0.2, -0.15) is 4.98 Å². The lowest BCUT2D eigenvalue weighted by Crippen LogP contribution is -2.40. The van der Waals surface area contributed by atoms with Gasteiger partial charge in [0.05, 0.1) is 24.6 Å². The van der Waals surface area contributed by atoms with Gasteiger partial charge in [-0.25, -0.2) is 0 Å². The van der Waals surface area contributed by atoms with Crippen molar-refractivity contribution in [2.24, 2.45) is 5.92 Å². The molecule has 0 N–H and O–H groups in total. The van der Waals surface area contributed by atoms with Gasteiger partial charge in [-0.05, 0) is 30.8 Å². The standard InChI is InChI=1S/C15H19N3O3S/c1-3-11(15-19-6-7-20-15)9-18(5-1)10-13-16-14(17-21-13)12-4-2-8-22-12/h2,4,8,11,15H,1,3,5-7,9-10H2. The second-order valence-corrected chi connectivity index (χ2v) is 6.68. The van der Waals surface area contributed by atoms with Gasteiger partial charge in [-0.1, -0.05) is 11.2 Å². The molecule has 0 saturated carbocycles. The van der Waals surface area contributed by atoms with Crippen molar-refractivity contribution < 1.29 is 14.0 Å². The molecule has 0 spiro atoms. The van der Waals surface area contributed by atoms with Crippen LogP contribution in [0.1, 0.15) is 18.7 Å². The summed E-state index contributed by atoms with van der Waals surface area (Å²) < 4.78 is 16.7. The van der Waals surface area contributed by atoms with Gasteiger partial charge in [0.2, 0.25) is 11.7 Å². The number of aromatic nitrogens is 2. The highest BCUT2D eigenvalue weighted by Crippen LogP contribution is 2.26. The molecule has 22 heavy (non-hydrogen) atoms. The average molecular weight is 321 g/mol. The molecule has 7 heteroatoms. The number of nitrogens with zero attached hydrogens (tertiary/aromatic N) is 3. The van der Waals surface area contributed by atoms with E-state index in [0.717, 1.165) is 44.0 Å². The lowest BCUT2D eigenvalue weighted by Gasteiger charge is -2.33. The van der Waals surface area contributed by atoms with Crippen molar-refractivity contribution in [3.8, 4) is 10.7 Å². The highest BCUT2D eigenvalue weighted by molar-refractivity contribution is 7.13. The maximum atomic E-state index is 5.65. The first-order valence-electron chi connectivity index (χ1n) is 7.70. The van der Waals surface area contributed by atoms with Crippen LogP contribution in [0, 0.1) is 5.92 Å². The Balaban J connectivity index is 1.38. The molecule has 2 aromatic rings. The summed E-state index contributed by atoms with van der Waals surface area (Å²) in [6.07, 6.45) is 2.28. The molecule has 1 atom stereocenters. The Morgan fingerprint density at radius 1 is 1.32 bits per heavy atom. The summed E-state index contributed by atoms with van der Waals surface area (Å²) >= 11 is 1.62. The minimum atomic E-state index is -0.0350. The van der Waals surface area contributed by atoms with E-state index in [1.165, 1.54) is 0 Å². The maximum Gasteiger partial charge on any atom is 0.241 e. The molecule has 2 aromatic heterocycles. The molecule has 0 amide bonds. The normalized spacial score (nSPS) is 24.1. The first kappa shape index (κ1) is 14.3. The van der Waals surface area contributed by atoms with Crippen LogP contribution >= 0.6 is 11.3 Å². The fourth-order valence-corrected chi connectivity index (χ4v) is 3.77. The monoisotopic (exact) mass is 321 g/mol. The number of likely N-dealkylation sites (tertiary alicyclic amines) is 1. The Morgan fingerprint density at radius 3 is 3.05 bits per heavy atom. The zero-order valence-electron chi connectivity index (χ0n) is 12.3. The van der Waals surface area contributed by atoms with Crippen LogP contribution in [-0.4, -0.2) is 47.6 Å². The van der Waals surface area contributed by atoms with Gasteiger partial charge in [-0.3, -0.25) is 4.90 Å². The minimum absolute atomic E-state index is 0.0350. The van der Waals surface area contributed by atoms with Crippen LogP contribution in [-0.2, 0) is 16.0 Å². The lowest BCUT2D eigenvalue weighted by molar-refractivity contribution is -0.101. The molecule has 2 saturated heterocycles. The summed E-state index contributed by atoms with van der Waals surface area (Å²) in [6, 6.07) is 4.00. The zero-order valence-corrected chi connectivity index (χ0v) is 13.1. The largest absolute Gasteiger partial charge is 0.350 e. The summed E-state index contributed by atoms with van der Waals surface area (Å²) in [4.78, 5) is 7.89. The smallest absolute Gasteiger partial charge is 0.241 e. The Hall–Kier alpha value is -1.28. The number of rotatable bonds is 4. The summed E-state index contributed by atoms with van der Waals surface area (Å²) in [5.41, 5.74) is 0. The lowest BCUT2D eigenvalue weighted by atomic mass is 9.97. The number of hydrogen-bond acceptors (Lipinski definition) is 7. The Kier molecular flexibility index (Phi) is 4.20. The van der Waals surface area contributed by atoms with Crippen LogP contribution in [0.3, 0.4) is 0 Å². The molecule has 0 radical (unpaired) electrons. The van der Waals surface area contributed by atoms with E-state index in [-0.39, 0.29) is 6.29 Å². The quantitative estimate of drug-likeness (QED) is 0.862. The van der Waals surface area contributed by atoms with Gasteiger partial charge >= 0.3 is 0 Å². The van der Waals surface area contributed by atoms with Gasteiger partial charge in [0, 0.05) is 12.5 Å². The number of ether oxygens (including phenoxy) is 2. The molecule has 6 nitrogen and oxygen atoms in total. The van der Waals surface area contributed by atoms with Crippen LogP contribution in [0.4, 0.5) is 0 Å². The van der Waals surface area contributed by atoms with E-state index in [1.54, 1.807) is 11.3 Å². The average Bonchev–Trinajstić information content (AvgIpc) is 3.29. The van der Waals surface area contributed by atoms with Crippen LogP contribution < -0.4 is 0 Å². The molecule has 4 rings (SSSR count). The molecule has 4 heterocycles. The number of hydrogen-bond donors (Lipinski definition) is 0. The third-order valence-electron chi connectivity index (χ3n) is 4.14. The molecule has 2 fully saturated rings. The SMILES string of the molecule is c1csc(-c2noc(CN3CCCC(C4OCCO4)C3)n2)c1. The Labute approximate surface area is 133 Å². The predicted molar refractivity (Wildman–Crippen MR) is 81.3 cm³/mol. The number of piperidine rings is 1. The molecule has 0 bridgehead atoms. The minimum Gasteiger partial charge on any atom is -0.350 e. The predicted octanol–water partition coefficient (Wildman–Crippen LogP) is 2.38. The van der Waals surface area contributed by atoms with E-state index in [0.29, 0.717) is 24.2 Å². The fraction of sp³-hybridized carbons (Fsp3) is 0.600. The van der Waals surface area contributed by atoms with E-state index in [2.05, 4.69) is 15.0 Å². The van der Waals surface area contributed by atoms with Gasteiger partial charge < -0.3 is 14.0 Å². The highest BCUT2D eigenvalue weighted by atomic mass is 32.1. The molecular formula is C15H19N3O3S. The molecule has 2 aliphatic rings. The zero-order chi connectivity index (χ0) is 14.8. The van der Waals surface area contributed by atoms with Gasteiger partial charge in [0.25, 0.3) is 0 Å². The van der Waals surface area contributed by atoms with Crippen molar-refractivity contribution in [2.75, 3.05) is 26.3 Å².